The number of aliphatic carboxylic acids is 1. The summed E-state index contributed by atoms with van der Waals surface area (Å²) in [6, 6.07) is -0.834. The van der Waals surface area contributed by atoms with Crippen LogP contribution in [0.5, 0.6) is 0 Å². The summed E-state index contributed by atoms with van der Waals surface area (Å²) in [7, 11) is -5.05. The van der Waals surface area contributed by atoms with Crippen molar-refractivity contribution in [2.24, 2.45) is 11.1 Å². The molecule has 0 aromatic rings. The van der Waals surface area contributed by atoms with Crippen LogP contribution in [0.25, 0.3) is 0 Å². The molecule has 1 fully saturated rings. The number of hydrogen-bond acceptors (Lipinski definition) is 11. The minimum atomic E-state index is -5.05. The number of carbonyl (C=O) groups is 1. The van der Waals surface area contributed by atoms with E-state index in [9.17, 15) is 33.6 Å². The first-order valence-corrected chi connectivity index (χ1v) is 11.1. The Labute approximate surface area is 185 Å². The van der Waals surface area contributed by atoms with E-state index in [1.54, 1.807) is 20.8 Å². The van der Waals surface area contributed by atoms with Gasteiger partial charge in [0.15, 0.2) is 11.7 Å². The van der Waals surface area contributed by atoms with Gasteiger partial charge in [0.1, 0.15) is 6.10 Å². The number of carboxylic acids is 1. The Morgan fingerprint density at radius 1 is 1.22 bits per heavy atom. The van der Waals surface area contributed by atoms with Crippen LogP contribution in [-0.2, 0) is 33.6 Å². The van der Waals surface area contributed by atoms with Gasteiger partial charge in [-0.1, -0.05) is 6.92 Å². The highest BCUT2D eigenvalue weighted by Crippen LogP contribution is 2.41. The van der Waals surface area contributed by atoms with Gasteiger partial charge >= 0.3 is 16.4 Å². The van der Waals surface area contributed by atoms with E-state index in [0.717, 1.165) is 6.08 Å². The Balaban J connectivity index is 2.25. The highest BCUT2D eigenvalue weighted by Gasteiger charge is 2.55. The van der Waals surface area contributed by atoms with Crippen molar-refractivity contribution < 1.29 is 56.6 Å². The molecule has 3 unspecified atom stereocenters. The second kappa shape index (κ2) is 9.12. The van der Waals surface area contributed by atoms with E-state index in [0.29, 0.717) is 0 Å². The maximum atomic E-state index is 11.3. The highest BCUT2D eigenvalue weighted by atomic mass is 32.3. The molecule has 0 aromatic carbocycles. The lowest BCUT2D eigenvalue weighted by atomic mass is 9.70. The molecule has 0 radical (unpaired) electrons. The quantitative estimate of drug-likeness (QED) is 0.209. The molecular weight excluding hydrogens is 454 g/mol. The molecule has 7 N–H and O–H groups in total. The number of rotatable bonds is 8. The first-order valence-electron chi connectivity index (χ1n) is 9.75. The van der Waals surface area contributed by atoms with Gasteiger partial charge in [-0.05, 0) is 26.8 Å². The van der Waals surface area contributed by atoms with Crippen molar-refractivity contribution in [2.75, 3.05) is 19.8 Å². The summed E-state index contributed by atoms with van der Waals surface area (Å²) < 4.78 is 52.8. The zero-order valence-electron chi connectivity index (χ0n) is 18.2. The number of aliphatic hydroxyl groups is 3. The van der Waals surface area contributed by atoms with Gasteiger partial charge in [-0.3, -0.25) is 4.55 Å². The molecule has 32 heavy (non-hydrogen) atoms. The van der Waals surface area contributed by atoms with E-state index in [1.165, 1.54) is 6.92 Å². The minimum absolute atomic E-state index is 0.275. The van der Waals surface area contributed by atoms with E-state index in [4.69, 9.17) is 24.5 Å². The van der Waals surface area contributed by atoms with Crippen molar-refractivity contribution in [3.63, 3.8) is 0 Å². The number of carboxylic acid groups (broad SMARTS) is 1. The van der Waals surface area contributed by atoms with Crippen molar-refractivity contribution in [1.29, 1.82) is 0 Å². The van der Waals surface area contributed by atoms with Gasteiger partial charge in [-0.15, -0.1) is 0 Å². The normalized spacial score (nSPS) is 39.8. The molecule has 2 aliphatic heterocycles. The van der Waals surface area contributed by atoms with E-state index >= 15 is 0 Å². The lowest BCUT2D eigenvalue weighted by Crippen LogP contribution is -2.69. The molecule has 0 aromatic heterocycles. The summed E-state index contributed by atoms with van der Waals surface area (Å²) in [4.78, 5) is 11.3. The largest absolute Gasteiger partial charge is 0.475 e. The third kappa shape index (κ3) is 5.40. The fraction of sp³-hybridized carbons (Fsp3) is 0.833. The van der Waals surface area contributed by atoms with Crippen LogP contribution < -0.4 is 5.73 Å². The third-order valence-corrected chi connectivity index (χ3v) is 6.43. The predicted molar refractivity (Wildman–Crippen MR) is 107 cm³/mol. The van der Waals surface area contributed by atoms with Crippen molar-refractivity contribution in [2.45, 2.75) is 69.4 Å². The molecule has 0 amide bonds. The van der Waals surface area contributed by atoms with Gasteiger partial charge in [0.05, 0.1) is 43.7 Å². The lowest BCUT2D eigenvalue weighted by Gasteiger charge is -2.53. The molecule has 0 spiro atoms. The summed E-state index contributed by atoms with van der Waals surface area (Å²) in [6.07, 6.45) is -4.85. The Bertz CT molecular complexity index is 841. The first kappa shape index (κ1) is 26.9. The fourth-order valence-corrected chi connectivity index (χ4v) is 4.50. The summed E-state index contributed by atoms with van der Waals surface area (Å²) in [5.41, 5.74) is 2.06. The van der Waals surface area contributed by atoms with E-state index in [-0.39, 0.29) is 6.61 Å². The smallest absolute Gasteiger partial charge is 0.397 e. The van der Waals surface area contributed by atoms with Crippen LogP contribution in [0.3, 0.4) is 0 Å². The molecule has 14 heteroatoms. The second-order valence-electron chi connectivity index (χ2n) is 9.05. The number of hydrogen-bond donors (Lipinski definition) is 6. The van der Waals surface area contributed by atoms with Crippen molar-refractivity contribution >= 4 is 16.4 Å². The molecule has 2 heterocycles. The van der Waals surface area contributed by atoms with Crippen LogP contribution in [0, 0.1) is 5.41 Å². The molecule has 186 valence electrons. The summed E-state index contributed by atoms with van der Waals surface area (Å²) in [6.45, 7) is 4.85. The summed E-state index contributed by atoms with van der Waals surface area (Å²) in [5.74, 6) is -2.21. The van der Waals surface area contributed by atoms with Gasteiger partial charge in [-0.25, -0.2) is 8.98 Å². The highest BCUT2D eigenvalue weighted by molar-refractivity contribution is 7.80. The average Bonchev–Trinajstić information content (AvgIpc) is 2.65. The standard InChI is InChI=1S/C18H31NO12S/c1-16(2)12(19)13(22)17(3,11(6-20)30-16)7-28-8-18(4)14(31-32(25,26)27)9(21)5-10(29-18)15(23)24/h5,9,11-14,20-22H,6-8,19H2,1-4H3,(H,23,24)(H,25,26,27)/t9-,11?,12?,13+,14?,17-,18-/m1/s1. The zero-order valence-corrected chi connectivity index (χ0v) is 19.0. The van der Waals surface area contributed by atoms with Gasteiger partial charge in [0.25, 0.3) is 0 Å². The maximum absolute atomic E-state index is 11.3. The Morgan fingerprint density at radius 3 is 2.31 bits per heavy atom. The molecule has 2 rings (SSSR count). The van der Waals surface area contributed by atoms with E-state index < -0.39 is 82.4 Å². The number of ether oxygens (including phenoxy) is 3. The molecular formula is C18H31NO12S. The minimum Gasteiger partial charge on any atom is -0.475 e. The molecule has 13 nitrogen and oxygen atoms in total. The van der Waals surface area contributed by atoms with Crippen LogP contribution in [0.1, 0.15) is 27.7 Å². The molecule has 1 saturated heterocycles. The predicted octanol–water partition coefficient (Wildman–Crippen LogP) is -1.83. The Hall–Kier alpha value is -1.36. The second-order valence-corrected chi connectivity index (χ2v) is 10.1. The zero-order chi connectivity index (χ0) is 24.7. The van der Waals surface area contributed by atoms with Gasteiger partial charge in [0, 0.05) is 5.41 Å². The summed E-state index contributed by atoms with van der Waals surface area (Å²) >= 11 is 0. The lowest BCUT2D eigenvalue weighted by molar-refractivity contribution is -0.252. The third-order valence-electron chi connectivity index (χ3n) is 5.98. The number of nitrogens with two attached hydrogens (primary N) is 1. The van der Waals surface area contributed by atoms with E-state index in [2.05, 4.69) is 4.18 Å². The van der Waals surface area contributed by atoms with Crippen LogP contribution >= 0.6 is 0 Å². The molecule has 0 aliphatic carbocycles. The first-order chi connectivity index (χ1) is 14.5. The van der Waals surface area contributed by atoms with Crippen molar-refractivity contribution in [1.82, 2.24) is 0 Å². The fourth-order valence-electron chi connectivity index (χ4n) is 3.92. The van der Waals surface area contributed by atoms with Crippen molar-refractivity contribution in [3.05, 3.63) is 11.8 Å². The monoisotopic (exact) mass is 485 g/mol. The SMILES string of the molecule is CC1(C)OC(CO)[C@@](C)(COC[C@@]2(C)OC(C(=O)O)=C[C@@H](O)C2OS(=O)(=O)O)[C@@H](O)C1N. The Morgan fingerprint density at radius 2 is 1.81 bits per heavy atom. The molecule has 7 atom stereocenters. The van der Waals surface area contributed by atoms with Crippen LogP contribution in [-0.4, -0.2) is 101 Å². The average molecular weight is 486 g/mol. The maximum Gasteiger partial charge on any atom is 0.397 e. The van der Waals surface area contributed by atoms with Crippen LogP contribution in [0.2, 0.25) is 0 Å². The summed E-state index contributed by atoms with van der Waals surface area (Å²) in [5, 5.41) is 40.0. The Kier molecular flexibility index (Phi) is 7.66. The van der Waals surface area contributed by atoms with E-state index in [1.807, 2.05) is 0 Å². The molecule has 0 saturated carbocycles. The van der Waals surface area contributed by atoms with Crippen LogP contribution in [0.4, 0.5) is 0 Å². The topological polar surface area (TPSA) is 215 Å². The number of aliphatic hydroxyl groups excluding tert-OH is 3. The van der Waals surface area contributed by atoms with Crippen LogP contribution in [0.15, 0.2) is 11.8 Å². The van der Waals surface area contributed by atoms with Gasteiger partial charge < -0.3 is 40.4 Å². The van der Waals surface area contributed by atoms with Gasteiger partial charge in [0.2, 0.25) is 5.76 Å². The van der Waals surface area contributed by atoms with Crippen molar-refractivity contribution in [3.8, 4) is 0 Å². The van der Waals surface area contributed by atoms with Gasteiger partial charge in [-0.2, -0.15) is 8.42 Å². The molecule has 0 bridgehead atoms. The molecule has 2 aliphatic rings.